The van der Waals surface area contributed by atoms with Crippen molar-refractivity contribution in [2.75, 3.05) is 0 Å². The normalized spacial score (nSPS) is 21.3. The van der Waals surface area contributed by atoms with E-state index in [4.69, 9.17) is 4.42 Å². The summed E-state index contributed by atoms with van der Waals surface area (Å²) in [6.07, 6.45) is 3.69. The molecule has 1 aromatic heterocycles. The van der Waals surface area contributed by atoms with Crippen LogP contribution in [0, 0.1) is 19.3 Å². The second kappa shape index (κ2) is 4.37. The Kier molecular flexibility index (Phi) is 2.95. The molecule has 1 heteroatoms. The van der Waals surface area contributed by atoms with Crippen LogP contribution in [0.2, 0.25) is 0 Å². The van der Waals surface area contributed by atoms with Crippen LogP contribution < -0.4 is 10.4 Å². The highest BCUT2D eigenvalue weighted by atomic mass is 16.3. The summed E-state index contributed by atoms with van der Waals surface area (Å²) in [7, 11) is 0. The monoisotopic (exact) mass is 279 g/mol. The lowest BCUT2D eigenvalue weighted by Gasteiger charge is -2.33. The highest BCUT2D eigenvalue weighted by molar-refractivity contribution is 5.77. The maximum absolute atomic E-state index is 5.97. The zero-order chi connectivity index (χ0) is 15.4. The first kappa shape index (κ1) is 14.2. The Morgan fingerprint density at radius 3 is 2.33 bits per heavy atom. The largest absolute Gasteiger partial charge is 0.465 e. The predicted octanol–water partition coefficient (Wildman–Crippen LogP) is 3.72. The molecule has 3 rings (SSSR count). The summed E-state index contributed by atoms with van der Waals surface area (Å²) in [5, 5.41) is 2.51. The Balaban J connectivity index is 2.39. The molecule has 1 aliphatic carbocycles. The number of hydrogen-bond acceptors (Lipinski definition) is 1. The fourth-order valence-electron chi connectivity index (χ4n) is 3.62. The highest BCUT2D eigenvalue weighted by Gasteiger charge is 2.41. The van der Waals surface area contributed by atoms with Crippen LogP contribution in [0.5, 0.6) is 0 Å². The number of rotatable bonds is 1. The second-order valence-corrected chi connectivity index (χ2v) is 7.33. The van der Waals surface area contributed by atoms with E-state index in [-0.39, 0.29) is 10.8 Å². The fourth-order valence-corrected chi connectivity index (χ4v) is 3.62. The van der Waals surface area contributed by atoms with Gasteiger partial charge in [-0.2, -0.15) is 0 Å². The van der Waals surface area contributed by atoms with E-state index in [1.54, 1.807) is 0 Å². The average Bonchev–Trinajstić information content (AvgIpc) is 2.89. The molecule has 1 radical (unpaired) electrons. The summed E-state index contributed by atoms with van der Waals surface area (Å²) in [5.41, 5.74) is 2.45. The molecule has 0 amide bonds. The van der Waals surface area contributed by atoms with Crippen LogP contribution in [-0.4, -0.2) is 0 Å². The molecule has 1 aliphatic rings. The van der Waals surface area contributed by atoms with Crippen LogP contribution in [-0.2, 0) is 5.41 Å². The summed E-state index contributed by atoms with van der Waals surface area (Å²) in [4.78, 5) is 0. The Bertz CT molecular complexity index is 814. The molecule has 0 N–H and O–H groups in total. The quantitative estimate of drug-likeness (QED) is 0.775. The van der Waals surface area contributed by atoms with Crippen molar-refractivity contribution in [3.8, 4) is 0 Å². The molecule has 2 aromatic rings. The van der Waals surface area contributed by atoms with E-state index in [0.717, 1.165) is 11.5 Å². The van der Waals surface area contributed by atoms with E-state index in [1.165, 1.54) is 21.6 Å². The van der Waals surface area contributed by atoms with Crippen LogP contribution >= 0.6 is 0 Å². The van der Waals surface area contributed by atoms with Crippen molar-refractivity contribution in [2.45, 2.75) is 47.0 Å². The molecule has 0 fully saturated rings. The molecular formula is C20H23O. The standard InChI is InChI=1S/C20H23O/c1-13-7-9-15-12-20(6,17-10-8-14(2)21-17)18(16(15)11-13)19(3,4)5/h7-11H,1-6H3. The van der Waals surface area contributed by atoms with Crippen molar-refractivity contribution in [2.24, 2.45) is 5.41 Å². The summed E-state index contributed by atoms with van der Waals surface area (Å²) in [6, 6.07) is 10.7. The molecule has 0 bridgehead atoms. The Morgan fingerprint density at radius 1 is 1.05 bits per heavy atom. The van der Waals surface area contributed by atoms with Crippen molar-refractivity contribution in [1.29, 1.82) is 0 Å². The van der Waals surface area contributed by atoms with Crippen molar-refractivity contribution in [3.05, 3.63) is 57.9 Å². The van der Waals surface area contributed by atoms with Gasteiger partial charge in [-0.25, -0.2) is 0 Å². The van der Waals surface area contributed by atoms with Gasteiger partial charge in [-0.3, -0.25) is 0 Å². The summed E-state index contributed by atoms with van der Waals surface area (Å²) >= 11 is 0. The molecule has 0 spiro atoms. The van der Waals surface area contributed by atoms with Gasteiger partial charge in [0.1, 0.15) is 11.5 Å². The third kappa shape index (κ3) is 2.16. The number of furan rings is 1. The lowest BCUT2D eigenvalue weighted by atomic mass is 9.70. The van der Waals surface area contributed by atoms with Gasteiger partial charge in [0.25, 0.3) is 0 Å². The van der Waals surface area contributed by atoms with E-state index in [1.807, 2.05) is 13.0 Å². The van der Waals surface area contributed by atoms with Crippen molar-refractivity contribution in [1.82, 2.24) is 0 Å². The van der Waals surface area contributed by atoms with Crippen LogP contribution in [0.15, 0.2) is 34.7 Å². The zero-order valence-electron chi connectivity index (χ0n) is 13.8. The summed E-state index contributed by atoms with van der Waals surface area (Å²) in [5.74, 6) is 1.94. The van der Waals surface area contributed by atoms with Gasteiger partial charge >= 0.3 is 0 Å². The van der Waals surface area contributed by atoms with Gasteiger partial charge in [-0.1, -0.05) is 44.5 Å². The van der Waals surface area contributed by atoms with Crippen LogP contribution in [0.4, 0.5) is 0 Å². The van der Waals surface area contributed by atoms with Gasteiger partial charge in [0.15, 0.2) is 0 Å². The molecule has 109 valence electrons. The van der Waals surface area contributed by atoms with Gasteiger partial charge < -0.3 is 4.42 Å². The minimum absolute atomic E-state index is 0.0570. The first-order valence-corrected chi connectivity index (χ1v) is 7.56. The first-order valence-electron chi connectivity index (χ1n) is 7.56. The number of hydrogen-bond donors (Lipinski definition) is 0. The van der Waals surface area contributed by atoms with E-state index >= 15 is 0 Å². The lowest BCUT2D eigenvalue weighted by Crippen LogP contribution is -2.31. The van der Waals surface area contributed by atoms with E-state index in [2.05, 4.69) is 65.0 Å². The Morgan fingerprint density at radius 2 is 1.76 bits per heavy atom. The molecule has 1 aromatic carbocycles. The maximum atomic E-state index is 5.97. The smallest absolute Gasteiger partial charge is 0.118 e. The van der Waals surface area contributed by atoms with Gasteiger partial charge in [0.2, 0.25) is 0 Å². The Labute approximate surface area is 127 Å². The number of benzene rings is 1. The van der Waals surface area contributed by atoms with Crippen molar-refractivity contribution in [3.63, 3.8) is 0 Å². The van der Waals surface area contributed by atoms with Crippen LogP contribution in [0.1, 0.15) is 44.8 Å². The molecule has 1 nitrogen and oxygen atoms in total. The van der Waals surface area contributed by atoms with E-state index in [9.17, 15) is 0 Å². The lowest BCUT2D eigenvalue weighted by molar-refractivity contribution is 0.427. The van der Waals surface area contributed by atoms with Crippen LogP contribution in [0.25, 0.3) is 11.6 Å². The van der Waals surface area contributed by atoms with Gasteiger partial charge in [0, 0.05) is 0 Å². The van der Waals surface area contributed by atoms with Crippen molar-refractivity contribution >= 4 is 11.6 Å². The third-order valence-corrected chi connectivity index (χ3v) is 4.31. The number of aryl methyl sites for hydroxylation is 2. The number of fused-ring (bicyclic) bond motifs is 1. The first-order chi connectivity index (χ1) is 9.72. The minimum atomic E-state index is -0.289. The fraction of sp³-hybridized carbons (Fsp3) is 0.400. The molecule has 1 unspecified atom stereocenters. The average molecular weight is 279 g/mol. The minimum Gasteiger partial charge on any atom is -0.465 e. The zero-order valence-corrected chi connectivity index (χ0v) is 13.8. The molecular weight excluding hydrogens is 256 g/mol. The molecule has 1 atom stereocenters. The topological polar surface area (TPSA) is 13.1 Å². The second-order valence-electron chi connectivity index (χ2n) is 7.33. The molecule has 0 aliphatic heterocycles. The third-order valence-electron chi connectivity index (χ3n) is 4.31. The summed E-state index contributed by atoms with van der Waals surface area (Å²) in [6.45, 7) is 13.2. The maximum Gasteiger partial charge on any atom is 0.118 e. The predicted molar refractivity (Wildman–Crippen MR) is 87.5 cm³/mol. The van der Waals surface area contributed by atoms with E-state index in [0.29, 0.717) is 0 Å². The molecule has 0 saturated carbocycles. The van der Waals surface area contributed by atoms with Gasteiger partial charge in [-0.05, 0) is 60.4 Å². The van der Waals surface area contributed by atoms with Gasteiger partial charge in [0.05, 0.1) is 5.41 Å². The Hall–Kier alpha value is -1.76. The SMILES string of the molecule is Cc1ccc2c(c1)=C(C(C)(C)C)C(C)(c1ccc(C)o1)[C]=2. The van der Waals surface area contributed by atoms with Crippen molar-refractivity contribution < 1.29 is 4.42 Å². The van der Waals surface area contributed by atoms with Gasteiger partial charge in [-0.15, -0.1) is 0 Å². The molecule has 0 saturated heterocycles. The highest BCUT2D eigenvalue weighted by Crippen LogP contribution is 2.45. The summed E-state index contributed by atoms with van der Waals surface area (Å²) < 4.78 is 5.97. The molecule has 1 heterocycles. The van der Waals surface area contributed by atoms with Crippen LogP contribution in [0.3, 0.4) is 0 Å². The molecule has 21 heavy (non-hydrogen) atoms. The van der Waals surface area contributed by atoms with E-state index < -0.39 is 0 Å².